The summed E-state index contributed by atoms with van der Waals surface area (Å²) in [5, 5.41) is 1.16. The molecule has 0 bridgehead atoms. The molecule has 0 amide bonds. The van der Waals surface area contributed by atoms with Gasteiger partial charge in [0.1, 0.15) is 0 Å². The molecule has 4 nitrogen and oxygen atoms in total. The summed E-state index contributed by atoms with van der Waals surface area (Å²) in [5.41, 5.74) is 3.59. The predicted molar refractivity (Wildman–Crippen MR) is 96.1 cm³/mol. The molecule has 1 aliphatic rings. The minimum Gasteiger partial charge on any atom is -0.345 e. The number of pyridine rings is 1. The van der Waals surface area contributed by atoms with Gasteiger partial charge in [-0.15, -0.1) is 0 Å². The third-order valence-electron chi connectivity index (χ3n) is 4.44. The highest BCUT2D eigenvalue weighted by Crippen LogP contribution is 2.29. The van der Waals surface area contributed by atoms with Gasteiger partial charge in [-0.1, -0.05) is 29.5 Å². The summed E-state index contributed by atoms with van der Waals surface area (Å²) < 4.78 is 1.27. The molecule has 3 aromatic rings. The van der Waals surface area contributed by atoms with Crippen LogP contribution in [0.4, 0.5) is 5.13 Å². The van der Waals surface area contributed by atoms with Crippen molar-refractivity contribution >= 4 is 26.7 Å². The second kappa shape index (κ2) is 6.26. The molecule has 1 aromatic carbocycles. The third kappa shape index (κ3) is 3.07. The highest BCUT2D eigenvalue weighted by molar-refractivity contribution is 7.22. The molecule has 0 aliphatic carbocycles. The van der Waals surface area contributed by atoms with Crippen molar-refractivity contribution in [2.24, 2.45) is 0 Å². The first kappa shape index (κ1) is 14.6. The van der Waals surface area contributed by atoms with Crippen LogP contribution in [0.2, 0.25) is 0 Å². The second-order valence-corrected chi connectivity index (χ2v) is 6.98. The van der Waals surface area contributed by atoms with E-state index in [1.165, 1.54) is 10.3 Å². The van der Waals surface area contributed by atoms with Crippen LogP contribution < -0.4 is 4.90 Å². The molecule has 2 aromatic heterocycles. The fourth-order valence-electron chi connectivity index (χ4n) is 3.02. The fraction of sp³-hybridized carbons (Fsp3) is 0.333. The zero-order valence-electron chi connectivity index (χ0n) is 13.3. The topological polar surface area (TPSA) is 32.3 Å². The quantitative estimate of drug-likeness (QED) is 0.740. The summed E-state index contributed by atoms with van der Waals surface area (Å²) in [6.07, 6.45) is 1.86. The number of aryl methyl sites for hydroxylation is 1. The van der Waals surface area contributed by atoms with Gasteiger partial charge in [-0.05, 0) is 30.7 Å². The Morgan fingerprint density at radius 1 is 1.04 bits per heavy atom. The Labute approximate surface area is 140 Å². The Morgan fingerprint density at radius 3 is 2.65 bits per heavy atom. The van der Waals surface area contributed by atoms with Gasteiger partial charge >= 0.3 is 0 Å². The van der Waals surface area contributed by atoms with Crippen LogP contribution in [0.3, 0.4) is 0 Å². The number of anilines is 1. The zero-order chi connectivity index (χ0) is 15.6. The van der Waals surface area contributed by atoms with Crippen molar-refractivity contribution < 1.29 is 0 Å². The van der Waals surface area contributed by atoms with E-state index in [2.05, 4.69) is 52.0 Å². The van der Waals surface area contributed by atoms with Crippen molar-refractivity contribution in [2.45, 2.75) is 13.5 Å². The molecule has 0 N–H and O–H groups in total. The van der Waals surface area contributed by atoms with E-state index in [0.717, 1.165) is 49.1 Å². The maximum absolute atomic E-state index is 4.78. The van der Waals surface area contributed by atoms with E-state index >= 15 is 0 Å². The number of aromatic nitrogens is 2. The van der Waals surface area contributed by atoms with Gasteiger partial charge in [0, 0.05) is 44.6 Å². The molecule has 0 unspecified atom stereocenters. The maximum Gasteiger partial charge on any atom is 0.186 e. The Morgan fingerprint density at radius 2 is 1.87 bits per heavy atom. The largest absolute Gasteiger partial charge is 0.345 e. The first-order valence-electron chi connectivity index (χ1n) is 8.03. The van der Waals surface area contributed by atoms with Gasteiger partial charge in [0.2, 0.25) is 0 Å². The van der Waals surface area contributed by atoms with Crippen molar-refractivity contribution in [1.82, 2.24) is 14.9 Å². The maximum atomic E-state index is 4.78. The molecule has 3 heterocycles. The molecular formula is C18H20N4S. The number of para-hydroxylation sites is 1. The Kier molecular flexibility index (Phi) is 3.97. The van der Waals surface area contributed by atoms with E-state index in [9.17, 15) is 0 Å². The average molecular weight is 324 g/mol. The van der Waals surface area contributed by atoms with E-state index in [0.29, 0.717) is 0 Å². The summed E-state index contributed by atoms with van der Waals surface area (Å²) in [4.78, 5) is 14.1. The van der Waals surface area contributed by atoms with Gasteiger partial charge in [-0.25, -0.2) is 4.98 Å². The van der Waals surface area contributed by atoms with Crippen molar-refractivity contribution in [3.05, 3.63) is 53.9 Å². The lowest BCUT2D eigenvalue weighted by Crippen LogP contribution is -2.46. The van der Waals surface area contributed by atoms with Crippen LogP contribution in [-0.4, -0.2) is 41.0 Å². The van der Waals surface area contributed by atoms with E-state index in [1.54, 1.807) is 11.3 Å². The zero-order valence-corrected chi connectivity index (χ0v) is 14.1. The molecule has 23 heavy (non-hydrogen) atoms. The van der Waals surface area contributed by atoms with Gasteiger partial charge in [-0.2, -0.15) is 0 Å². The molecule has 118 valence electrons. The number of hydrogen-bond donors (Lipinski definition) is 0. The highest BCUT2D eigenvalue weighted by Gasteiger charge is 2.20. The average Bonchev–Trinajstić information content (AvgIpc) is 3.02. The molecule has 0 radical (unpaired) electrons. The Balaban J connectivity index is 1.41. The van der Waals surface area contributed by atoms with Gasteiger partial charge < -0.3 is 4.90 Å². The van der Waals surface area contributed by atoms with Gasteiger partial charge in [-0.3, -0.25) is 9.88 Å². The van der Waals surface area contributed by atoms with E-state index in [1.807, 2.05) is 12.3 Å². The Hall–Kier alpha value is -1.98. The van der Waals surface area contributed by atoms with Crippen molar-refractivity contribution in [1.29, 1.82) is 0 Å². The summed E-state index contributed by atoms with van der Waals surface area (Å²) in [5.74, 6) is 0. The van der Waals surface area contributed by atoms with E-state index in [-0.39, 0.29) is 0 Å². The standard InChI is InChI=1S/C18H20N4S/c1-14-15(5-4-8-19-14)13-21-9-11-22(12-10-21)18-20-16-6-2-3-7-17(16)23-18/h2-8H,9-13H2,1H3. The van der Waals surface area contributed by atoms with E-state index < -0.39 is 0 Å². The molecule has 0 saturated carbocycles. The predicted octanol–water partition coefficient (Wildman–Crippen LogP) is 3.32. The third-order valence-corrected chi connectivity index (χ3v) is 5.53. The number of fused-ring (bicyclic) bond motifs is 1. The first-order chi connectivity index (χ1) is 11.3. The number of nitrogens with zero attached hydrogens (tertiary/aromatic N) is 4. The van der Waals surface area contributed by atoms with Gasteiger partial charge in [0.15, 0.2) is 5.13 Å². The number of rotatable bonds is 3. The summed E-state index contributed by atoms with van der Waals surface area (Å²) in [6.45, 7) is 7.31. The van der Waals surface area contributed by atoms with Crippen molar-refractivity contribution in [2.75, 3.05) is 31.1 Å². The Bertz CT molecular complexity index is 772. The molecule has 5 heteroatoms. The summed E-state index contributed by atoms with van der Waals surface area (Å²) in [6, 6.07) is 12.6. The molecular weight excluding hydrogens is 304 g/mol. The lowest BCUT2D eigenvalue weighted by Gasteiger charge is -2.34. The van der Waals surface area contributed by atoms with Crippen LogP contribution in [0.25, 0.3) is 10.2 Å². The molecule has 1 saturated heterocycles. The number of thiazole rings is 1. The molecule has 0 spiro atoms. The molecule has 0 atom stereocenters. The minimum absolute atomic E-state index is 0.993. The molecule has 1 fully saturated rings. The van der Waals surface area contributed by atoms with Crippen LogP contribution >= 0.6 is 11.3 Å². The van der Waals surface area contributed by atoms with Crippen LogP contribution in [0.15, 0.2) is 42.6 Å². The van der Waals surface area contributed by atoms with Crippen LogP contribution in [-0.2, 0) is 6.54 Å². The van der Waals surface area contributed by atoms with Gasteiger partial charge in [0.25, 0.3) is 0 Å². The molecule has 4 rings (SSSR count). The SMILES string of the molecule is Cc1ncccc1CN1CCN(c2nc3ccccc3s2)CC1. The highest BCUT2D eigenvalue weighted by atomic mass is 32.1. The number of benzene rings is 1. The molecule has 1 aliphatic heterocycles. The smallest absolute Gasteiger partial charge is 0.186 e. The van der Waals surface area contributed by atoms with Crippen molar-refractivity contribution in [3.63, 3.8) is 0 Å². The minimum atomic E-state index is 0.993. The van der Waals surface area contributed by atoms with Crippen LogP contribution in [0.5, 0.6) is 0 Å². The summed E-state index contributed by atoms with van der Waals surface area (Å²) >= 11 is 1.80. The number of hydrogen-bond acceptors (Lipinski definition) is 5. The van der Waals surface area contributed by atoms with Crippen LogP contribution in [0.1, 0.15) is 11.3 Å². The second-order valence-electron chi connectivity index (χ2n) is 5.98. The van der Waals surface area contributed by atoms with Gasteiger partial charge in [0.05, 0.1) is 10.2 Å². The lowest BCUT2D eigenvalue weighted by atomic mass is 10.2. The van der Waals surface area contributed by atoms with Crippen LogP contribution in [0, 0.1) is 6.92 Å². The first-order valence-corrected chi connectivity index (χ1v) is 8.84. The fourth-order valence-corrected chi connectivity index (χ4v) is 4.04. The monoisotopic (exact) mass is 324 g/mol. The van der Waals surface area contributed by atoms with E-state index in [4.69, 9.17) is 4.98 Å². The normalized spacial score (nSPS) is 16.1. The summed E-state index contributed by atoms with van der Waals surface area (Å²) in [7, 11) is 0. The lowest BCUT2D eigenvalue weighted by molar-refractivity contribution is 0.249. The number of piperazine rings is 1. The van der Waals surface area contributed by atoms with Crippen molar-refractivity contribution in [3.8, 4) is 0 Å².